The van der Waals surface area contributed by atoms with E-state index >= 15 is 0 Å². The average Bonchev–Trinajstić information content (AvgIpc) is 3.23. The van der Waals surface area contributed by atoms with Crippen LogP contribution in [0.4, 0.5) is 4.39 Å². The van der Waals surface area contributed by atoms with E-state index in [4.69, 9.17) is 9.16 Å². The van der Waals surface area contributed by atoms with Crippen LogP contribution in [0.2, 0.25) is 18.1 Å². The lowest BCUT2D eigenvalue weighted by molar-refractivity contribution is -0.143. The first-order valence-corrected chi connectivity index (χ1v) is 14.9. The first kappa shape index (κ1) is 23.4. The zero-order chi connectivity index (χ0) is 23.1. The quantitative estimate of drug-likeness (QED) is 0.199. The summed E-state index contributed by atoms with van der Waals surface area (Å²) in [6.07, 6.45) is 5.30. The number of fused-ring (bicyclic) bond motifs is 3. The van der Waals surface area contributed by atoms with Crippen LogP contribution in [0.25, 0.3) is 6.08 Å². The molecular weight excluding hydrogens is 419 g/mol. The van der Waals surface area contributed by atoms with Gasteiger partial charge in [0.1, 0.15) is 11.9 Å². The van der Waals surface area contributed by atoms with Gasteiger partial charge >= 0.3 is 5.97 Å². The summed E-state index contributed by atoms with van der Waals surface area (Å²) in [6, 6.07) is 9.95. The zero-order valence-electron chi connectivity index (χ0n) is 20.2. The largest absolute Gasteiger partial charge is 0.458 e. The molecule has 2 fully saturated rings. The first-order valence-electron chi connectivity index (χ1n) is 12.3. The van der Waals surface area contributed by atoms with E-state index < -0.39 is 8.32 Å². The summed E-state index contributed by atoms with van der Waals surface area (Å²) in [4.78, 5) is 13.0. The standard InChI is InChI=1S/C27H37FO3Si/c1-6-32(7-2,8-3)31-27(5)16-15-20-18(4)13-14-21-22(26(29)30-25(21)24(20)27)17-19-11-9-10-12-23(19)28/h9-12,17,21,24-25H,6-8,13-16H2,1-5H3/b22-17-/t21-,24?,25-,27+/m0/s1. The summed E-state index contributed by atoms with van der Waals surface area (Å²) in [5, 5.41) is 0. The van der Waals surface area contributed by atoms with Gasteiger partial charge in [-0.05, 0) is 69.8 Å². The van der Waals surface area contributed by atoms with Gasteiger partial charge in [-0.1, -0.05) is 50.1 Å². The van der Waals surface area contributed by atoms with Gasteiger partial charge in [-0.2, -0.15) is 0 Å². The monoisotopic (exact) mass is 456 g/mol. The second-order valence-electron chi connectivity index (χ2n) is 10.1. The van der Waals surface area contributed by atoms with Crippen molar-refractivity contribution in [3.63, 3.8) is 0 Å². The van der Waals surface area contributed by atoms with E-state index in [0.29, 0.717) is 11.1 Å². The van der Waals surface area contributed by atoms with Crippen LogP contribution >= 0.6 is 0 Å². The number of carbonyl (C=O) groups excluding carboxylic acids is 1. The number of ether oxygens (including phenoxy) is 1. The van der Waals surface area contributed by atoms with E-state index in [1.54, 1.807) is 24.3 Å². The molecule has 1 saturated heterocycles. The van der Waals surface area contributed by atoms with Gasteiger partial charge in [0.15, 0.2) is 8.32 Å². The Morgan fingerprint density at radius 2 is 1.88 bits per heavy atom. The molecule has 1 aromatic rings. The number of halogens is 1. The van der Waals surface area contributed by atoms with Gasteiger partial charge in [-0.15, -0.1) is 0 Å². The summed E-state index contributed by atoms with van der Waals surface area (Å²) >= 11 is 0. The summed E-state index contributed by atoms with van der Waals surface area (Å²) in [5.41, 5.74) is 3.62. The van der Waals surface area contributed by atoms with Crippen molar-refractivity contribution in [2.75, 3.05) is 0 Å². The third-order valence-corrected chi connectivity index (χ3v) is 13.3. The fourth-order valence-corrected chi connectivity index (χ4v) is 9.49. The molecule has 5 heteroatoms. The molecule has 1 aromatic carbocycles. The molecule has 4 rings (SSSR count). The van der Waals surface area contributed by atoms with Crippen LogP contribution in [0.5, 0.6) is 0 Å². The predicted molar refractivity (Wildman–Crippen MR) is 129 cm³/mol. The Morgan fingerprint density at radius 1 is 1.19 bits per heavy atom. The highest BCUT2D eigenvalue weighted by Crippen LogP contribution is 2.55. The van der Waals surface area contributed by atoms with Gasteiger partial charge in [0.2, 0.25) is 0 Å². The third-order valence-electron chi connectivity index (χ3n) is 8.50. The van der Waals surface area contributed by atoms with Crippen LogP contribution in [-0.2, 0) is 14.0 Å². The van der Waals surface area contributed by atoms with Gasteiger partial charge < -0.3 is 9.16 Å². The Bertz CT molecular complexity index is 940. The van der Waals surface area contributed by atoms with E-state index in [0.717, 1.165) is 43.8 Å². The molecule has 3 aliphatic rings. The van der Waals surface area contributed by atoms with Crippen molar-refractivity contribution < 1.29 is 18.3 Å². The molecule has 4 atom stereocenters. The molecule has 1 saturated carbocycles. The molecule has 0 bridgehead atoms. The van der Waals surface area contributed by atoms with Crippen LogP contribution in [0.1, 0.15) is 65.9 Å². The Balaban J connectivity index is 1.74. The maximum absolute atomic E-state index is 14.4. The van der Waals surface area contributed by atoms with Crippen molar-refractivity contribution in [2.24, 2.45) is 11.8 Å². The summed E-state index contributed by atoms with van der Waals surface area (Å²) in [6.45, 7) is 11.3. The van der Waals surface area contributed by atoms with E-state index in [-0.39, 0.29) is 35.3 Å². The number of rotatable bonds is 6. The van der Waals surface area contributed by atoms with Crippen LogP contribution in [0.15, 0.2) is 41.0 Å². The van der Waals surface area contributed by atoms with Crippen molar-refractivity contribution in [1.82, 2.24) is 0 Å². The second kappa shape index (κ2) is 8.90. The van der Waals surface area contributed by atoms with Gasteiger partial charge in [-0.25, -0.2) is 9.18 Å². The van der Waals surface area contributed by atoms with Crippen molar-refractivity contribution in [3.05, 3.63) is 52.4 Å². The molecule has 1 heterocycles. The fraction of sp³-hybridized carbons (Fsp3) is 0.593. The molecule has 0 N–H and O–H groups in total. The maximum Gasteiger partial charge on any atom is 0.334 e. The minimum atomic E-state index is -1.84. The van der Waals surface area contributed by atoms with E-state index in [1.165, 1.54) is 17.2 Å². The molecule has 0 amide bonds. The third kappa shape index (κ3) is 3.92. The van der Waals surface area contributed by atoms with E-state index in [2.05, 4.69) is 34.6 Å². The number of hydrogen-bond acceptors (Lipinski definition) is 3. The lowest BCUT2D eigenvalue weighted by Gasteiger charge is -2.43. The van der Waals surface area contributed by atoms with Gasteiger partial charge in [0, 0.05) is 23.0 Å². The molecule has 174 valence electrons. The maximum atomic E-state index is 14.4. The van der Waals surface area contributed by atoms with Gasteiger partial charge in [0.05, 0.1) is 5.60 Å². The molecule has 0 aromatic heterocycles. The SMILES string of the molecule is CC[Si](CC)(CC)O[C@]1(C)CCC2=C(C)CC[C@H]3/C(=C/c4ccccc4F)C(=O)O[C@@H]3C21. The number of benzene rings is 1. The minimum absolute atomic E-state index is 0.0264. The molecular formula is C27H37FO3Si. The predicted octanol–water partition coefficient (Wildman–Crippen LogP) is 7.05. The summed E-state index contributed by atoms with van der Waals surface area (Å²) in [7, 11) is -1.84. The Labute approximate surface area is 193 Å². The fourth-order valence-electron chi connectivity index (χ4n) is 6.34. The van der Waals surface area contributed by atoms with Crippen molar-refractivity contribution in [1.29, 1.82) is 0 Å². The van der Waals surface area contributed by atoms with Crippen molar-refractivity contribution in [2.45, 2.75) is 90.1 Å². The van der Waals surface area contributed by atoms with E-state index in [9.17, 15) is 9.18 Å². The Hall–Kier alpha value is -1.72. The summed E-state index contributed by atoms with van der Waals surface area (Å²) < 4.78 is 27.6. The zero-order valence-corrected chi connectivity index (χ0v) is 21.2. The molecule has 2 aliphatic carbocycles. The van der Waals surface area contributed by atoms with Gasteiger partial charge in [0.25, 0.3) is 0 Å². The van der Waals surface area contributed by atoms with Crippen LogP contribution in [0.3, 0.4) is 0 Å². The number of carbonyl (C=O) groups is 1. The molecule has 32 heavy (non-hydrogen) atoms. The summed E-state index contributed by atoms with van der Waals surface area (Å²) in [5.74, 6) is -0.538. The number of allylic oxidation sites excluding steroid dienone is 1. The van der Waals surface area contributed by atoms with Crippen LogP contribution in [-0.4, -0.2) is 26.0 Å². The number of esters is 1. The lowest BCUT2D eigenvalue weighted by atomic mass is 9.79. The van der Waals surface area contributed by atoms with Gasteiger partial charge in [-0.3, -0.25) is 0 Å². The van der Waals surface area contributed by atoms with Crippen LogP contribution < -0.4 is 0 Å². The number of hydrogen-bond donors (Lipinski definition) is 0. The van der Waals surface area contributed by atoms with E-state index in [1.807, 2.05) is 0 Å². The minimum Gasteiger partial charge on any atom is -0.458 e. The highest BCUT2D eigenvalue weighted by molar-refractivity contribution is 6.73. The Kier molecular flexibility index (Phi) is 6.52. The highest BCUT2D eigenvalue weighted by Gasteiger charge is 2.57. The normalized spacial score (nSPS) is 31.5. The smallest absolute Gasteiger partial charge is 0.334 e. The molecule has 1 aliphatic heterocycles. The second-order valence-corrected chi connectivity index (χ2v) is 14.8. The lowest BCUT2D eigenvalue weighted by Crippen LogP contribution is -2.51. The first-order chi connectivity index (χ1) is 15.3. The highest BCUT2D eigenvalue weighted by atomic mass is 28.4. The topological polar surface area (TPSA) is 35.5 Å². The average molecular weight is 457 g/mol. The Morgan fingerprint density at radius 3 is 2.53 bits per heavy atom. The van der Waals surface area contributed by atoms with Crippen molar-refractivity contribution >= 4 is 20.4 Å². The van der Waals surface area contributed by atoms with Crippen molar-refractivity contribution in [3.8, 4) is 0 Å². The molecule has 1 unspecified atom stereocenters. The van der Waals surface area contributed by atoms with Crippen LogP contribution in [0, 0.1) is 17.7 Å². The molecule has 0 spiro atoms. The molecule has 0 radical (unpaired) electrons. The molecule has 3 nitrogen and oxygen atoms in total.